The highest BCUT2D eigenvalue weighted by Gasteiger charge is 2.21. The second-order valence-electron chi connectivity index (χ2n) is 3.94. The molecule has 1 aliphatic heterocycles. The fourth-order valence-corrected chi connectivity index (χ4v) is 2.79. The first kappa shape index (κ1) is 9.16. The molecule has 1 aromatic rings. The summed E-state index contributed by atoms with van der Waals surface area (Å²) in [7, 11) is 0. The highest BCUT2D eigenvalue weighted by molar-refractivity contribution is 7.11. The molecule has 1 aromatic heterocycles. The van der Waals surface area contributed by atoms with Gasteiger partial charge in [0.1, 0.15) is 0 Å². The predicted octanol–water partition coefficient (Wildman–Crippen LogP) is 2.47. The molecule has 0 aliphatic carbocycles. The molecule has 0 spiro atoms. The molecule has 72 valence electrons. The molecule has 2 nitrogen and oxygen atoms in total. The third-order valence-corrected chi connectivity index (χ3v) is 4.02. The summed E-state index contributed by atoms with van der Waals surface area (Å²) in [6.07, 6.45) is 1.10. The minimum atomic E-state index is 0.508. The van der Waals surface area contributed by atoms with Gasteiger partial charge < -0.3 is 5.32 Å². The summed E-state index contributed by atoms with van der Waals surface area (Å²) < 4.78 is 0. The van der Waals surface area contributed by atoms with Gasteiger partial charge in [0.2, 0.25) is 0 Å². The van der Waals surface area contributed by atoms with E-state index in [9.17, 15) is 0 Å². The Labute approximate surface area is 83.4 Å². The van der Waals surface area contributed by atoms with Crippen molar-refractivity contribution in [1.29, 1.82) is 0 Å². The number of aromatic nitrogens is 1. The van der Waals surface area contributed by atoms with E-state index in [-0.39, 0.29) is 0 Å². The van der Waals surface area contributed by atoms with E-state index in [1.54, 1.807) is 0 Å². The molecule has 13 heavy (non-hydrogen) atoms. The molecule has 2 rings (SSSR count). The van der Waals surface area contributed by atoms with Crippen LogP contribution >= 0.6 is 11.3 Å². The molecule has 3 heteroatoms. The van der Waals surface area contributed by atoms with Crippen molar-refractivity contribution in [3.63, 3.8) is 0 Å². The van der Waals surface area contributed by atoms with Crippen LogP contribution in [0.1, 0.15) is 48.3 Å². The first-order chi connectivity index (χ1) is 6.18. The van der Waals surface area contributed by atoms with Gasteiger partial charge in [0.05, 0.1) is 10.7 Å². The average Bonchev–Trinajstić information content (AvgIpc) is 2.49. The van der Waals surface area contributed by atoms with E-state index < -0.39 is 0 Å². The van der Waals surface area contributed by atoms with Crippen LogP contribution in [0.15, 0.2) is 0 Å². The van der Waals surface area contributed by atoms with E-state index in [0.717, 1.165) is 13.0 Å². The lowest BCUT2D eigenvalue weighted by Gasteiger charge is -2.18. The Morgan fingerprint density at radius 2 is 2.31 bits per heavy atom. The van der Waals surface area contributed by atoms with Gasteiger partial charge in [0.25, 0.3) is 0 Å². The van der Waals surface area contributed by atoms with E-state index in [1.165, 1.54) is 15.6 Å². The Bertz CT molecular complexity index is 304. The van der Waals surface area contributed by atoms with Gasteiger partial charge in [-0.05, 0) is 6.92 Å². The van der Waals surface area contributed by atoms with Crippen LogP contribution < -0.4 is 5.32 Å². The summed E-state index contributed by atoms with van der Waals surface area (Å²) in [5, 5.41) is 4.75. The molecule has 0 radical (unpaired) electrons. The Morgan fingerprint density at radius 3 is 2.92 bits per heavy atom. The third kappa shape index (κ3) is 1.63. The standard InChI is InChI=1S/C10H16N2S/c1-6(2)10-12-8-4-5-11-7(3)9(8)13-10/h6-7,11H,4-5H2,1-3H3/t7-/m1/s1. The fraction of sp³-hybridized carbons (Fsp3) is 0.700. The van der Waals surface area contributed by atoms with Gasteiger partial charge >= 0.3 is 0 Å². The van der Waals surface area contributed by atoms with Crippen molar-refractivity contribution in [2.24, 2.45) is 0 Å². The molecule has 1 aliphatic rings. The lowest BCUT2D eigenvalue weighted by Crippen LogP contribution is -2.26. The maximum Gasteiger partial charge on any atom is 0.0957 e. The molecule has 1 atom stereocenters. The first-order valence-electron chi connectivity index (χ1n) is 4.91. The highest BCUT2D eigenvalue weighted by Crippen LogP contribution is 2.31. The summed E-state index contributed by atoms with van der Waals surface area (Å²) in [6.45, 7) is 7.72. The number of hydrogen-bond acceptors (Lipinski definition) is 3. The van der Waals surface area contributed by atoms with Crippen molar-refractivity contribution in [2.75, 3.05) is 6.54 Å². The van der Waals surface area contributed by atoms with Crippen molar-refractivity contribution >= 4 is 11.3 Å². The minimum Gasteiger partial charge on any atom is -0.309 e. The Morgan fingerprint density at radius 1 is 1.54 bits per heavy atom. The zero-order chi connectivity index (χ0) is 9.42. The fourth-order valence-electron chi connectivity index (χ4n) is 1.65. The Balaban J connectivity index is 2.36. The van der Waals surface area contributed by atoms with Gasteiger partial charge in [-0.3, -0.25) is 0 Å². The lowest BCUT2D eigenvalue weighted by atomic mass is 10.1. The van der Waals surface area contributed by atoms with E-state index in [1.807, 2.05) is 11.3 Å². The first-order valence-corrected chi connectivity index (χ1v) is 5.73. The summed E-state index contributed by atoms with van der Waals surface area (Å²) in [4.78, 5) is 6.13. The Hall–Kier alpha value is -0.410. The van der Waals surface area contributed by atoms with Crippen LogP contribution in [0.2, 0.25) is 0 Å². The van der Waals surface area contributed by atoms with E-state index in [0.29, 0.717) is 12.0 Å². The second-order valence-corrected chi connectivity index (χ2v) is 5.01. The minimum absolute atomic E-state index is 0.508. The van der Waals surface area contributed by atoms with Crippen molar-refractivity contribution in [3.8, 4) is 0 Å². The van der Waals surface area contributed by atoms with Gasteiger partial charge in [-0.2, -0.15) is 0 Å². The molecule has 0 aromatic carbocycles. The highest BCUT2D eigenvalue weighted by atomic mass is 32.1. The van der Waals surface area contributed by atoms with Gasteiger partial charge in [-0.1, -0.05) is 13.8 Å². The number of fused-ring (bicyclic) bond motifs is 1. The largest absolute Gasteiger partial charge is 0.309 e. The SMILES string of the molecule is CC(C)c1nc2c(s1)[C@@H](C)NCC2. The van der Waals surface area contributed by atoms with Gasteiger partial charge in [0.15, 0.2) is 0 Å². The third-order valence-electron chi connectivity index (χ3n) is 2.44. The second kappa shape index (κ2) is 3.39. The maximum absolute atomic E-state index is 4.68. The maximum atomic E-state index is 4.68. The van der Waals surface area contributed by atoms with E-state index >= 15 is 0 Å². The molecule has 0 amide bonds. The van der Waals surface area contributed by atoms with Crippen molar-refractivity contribution < 1.29 is 0 Å². The molecule has 0 saturated heterocycles. The van der Waals surface area contributed by atoms with Gasteiger partial charge in [-0.15, -0.1) is 11.3 Å². The van der Waals surface area contributed by atoms with Crippen molar-refractivity contribution in [1.82, 2.24) is 10.3 Å². The zero-order valence-electron chi connectivity index (χ0n) is 8.42. The van der Waals surface area contributed by atoms with Crippen LogP contribution in [0, 0.1) is 0 Å². The summed E-state index contributed by atoms with van der Waals surface area (Å²) in [6, 6.07) is 0.508. The van der Waals surface area contributed by atoms with Crippen LogP contribution in [0.4, 0.5) is 0 Å². The lowest BCUT2D eigenvalue weighted by molar-refractivity contribution is 0.544. The van der Waals surface area contributed by atoms with E-state index in [2.05, 4.69) is 31.1 Å². The van der Waals surface area contributed by atoms with Gasteiger partial charge in [-0.25, -0.2) is 4.98 Å². The van der Waals surface area contributed by atoms with Gasteiger partial charge in [0, 0.05) is 29.8 Å². The number of nitrogens with zero attached hydrogens (tertiary/aromatic N) is 1. The van der Waals surface area contributed by atoms with Crippen LogP contribution in [-0.2, 0) is 6.42 Å². The van der Waals surface area contributed by atoms with Crippen LogP contribution in [0.3, 0.4) is 0 Å². The topological polar surface area (TPSA) is 24.9 Å². The predicted molar refractivity (Wildman–Crippen MR) is 56.3 cm³/mol. The number of thiazole rings is 1. The molecular weight excluding hydrogens is 180 g/mol. The summed E-state index contributed by atoms with van der Waals surface area (Å²) >= 11 is 1.88. The van der Waals surface area contributed by atoms with E-state index in [4.69, 9.17) is 0 Å². The quantitative estimate of drug-likeness (QED) is 0.746. The Kier molecular flexibility index (Phi) is 2.39. The number of rotatable bonds is 1. The molecule has 0 saturated carbocycles. The smallest absolute Gasteiger partial charge is 0.0957 e. The van der Waals surface area contributed by atoms with Crippen LogP contribution in [-0.4, -0.2) is 11.5 Å². The molecular formula is C10H16N2S. The number of hydrogen-bond donors (Lipinski definition) is 1. The van der Waals surface area contributed by atoms with Crippen molar-refractivity contribution in [3.05, 3.63) is 15.6 Å². The van der Waals surface area contributed by atoms with Crippen molar-refractivity contribution in [2.45, 2.75) is 39.2 Å². The van der Waals surface area contributed by atoms with Crippen LogP contribution in [0.25, 0.3) is 0 Å². The molecule has 0 bridgehead atoms. The molecule has 2 heterocycles. The van der Waals surface area contributed by atoms with Crippen LogP contribution in [0.5, 0.6) is 0 Å². The molecule has 1 N–H and O–H groups in total. The summed E-state index contributed by atoms with van der Waals surface area (Å²) in [5.74, 6) is 0.572. The summed E-state index contributed by atoms with van der Waals surface area (Å²) in [5.41, 5.74) is 1.33. The number of nitrogens with one attached hydrogen (secondary N) is 1. The monoisotopic (exact) mass is 196 g/mol. The molecule has 0 fully saturated rings. The normalized spacial score (nSPS) is 22.0. The zero-order valence-corrected chi connectivity index (χ0v) is 9.24. The average molecular weight is 196 g/mol. The molecule has 0 unspecified atom stereocenters.